The van der Waals surface area contributed by atoms with Crippen molar-refractivity contribution in [2.75, 3.05) is 0 Å². The van der Waals surface area contributed by atoms with Crippen LogP contribution in [0.2, 0.25) is 0 Å². The van der Waals surface area contributed by atoms with Crippen molar-refractivity contribution in [3.8, 4) is 27.9 Å². The highest BCUT2D eigenvalue weighted by Crippen LogP contribution is 2.45. The Morgan fingerprint density at radius 2 is 1.00 bits per heavy atom. The lowest BCUT2D eigenvalue weighted by Crippen LogP contribution is -1.95. The minimum Gasteiger partial charge on any atom is -0.309 e. The van der Waals surface area contributed by atoms with Gasteiger partial charge in [0, 0.05) is 16.5 Å². The van der Waals surface area contributed by atoms with E-state index in [4.69, 9.17) is 0 Å². The first-order valence-electron chi connectivity index (χ1n) is 16.8. The van der Waals surface area contributed by atoms with Gasteiger partial charge in [0.25, 0.3) is 0 Å². The maximum absolute atomic E-state index is 2.41. The highest BCUT2D eigenvalue weighted by atomic mass is 15.0. The first kappa shape index (κ1) is 26.5. The van der Waals surface area contributed by atoms with Crippen LogP contribution < -0.4 is 0 Å². The van der Waals surface area contributed by atoms with Gasteiger partial charge in [-0.3, -0.25) is 0 Å². The van der Waals surface area contributed by atoms with Crippen LogP contribution in [-0.2, 0) is 0 Å². The Morgan fingerprint density at radius 3 is 1.68 bits per heavy atom. The molecule has 1 heteroatoms. The fourth-order valence-corrected chi connectivity index (χ4v) is 7.98. The molecule has 1 nitrogen and oxygen atoms in total. The van der Waals surface area contributed by atoms with E-state index >= 15 is 0 Å². The molecule has 1 aliphatic carbocycles. The van der Waals surface area contributed by atoms with Gasteiger partial charge in [0.2, 0.25) is 0 Å². The van der Waals surface area contributed by atoms with E-state index < -0.39 is 0 Å². The predicted molar refractivity (Wildman–Crippen MR) is 201 cm³/mol. The normalized spacial score (nSPS) is 13.4. The zero-order valence-electron chi connectivity index (χ0n) is 26.4. The highest BCUT2D eigenvalue weighted by molar-refractivity contribution is 6.22. The number of hydrogen-bond acceptors (Lipinski definition) is 0. The summed E-state index contributed by atoms with van der Waals surface area (Å²) in [6.07, 6.45) is 2.66. The Hall–Kier alpha value is -5.66. The van der Waals surface area contributed by atoms with Crippen molar-refractivity contribution in [2.24, 2.45) is 0 Å². The second kappa shape index (κ2) is 10.2. The lowest BCUT2D eigenvalue weighted by Gasteiger charge is -2.19. The number of hydrogen-bond donors (Lipinski definition) is 0. The molecule has 10 rings (SSSR count). The smallest absolute Gasteiger partial charge is 0.0541 e. The minimum atomic E-state index is 0.763. The second-order valence-electron chi connectivity index (χ2n) is 13.4. The first-order valence-corrected chi connectivity index (χ1v) is 16.8. The molecule has 0 N–H and O–H groups in total. The third kappa shape index (κ3) is 4.16. The van der Waals surface area contributed by atoms with Crippen molar-refractivity contribution in [3.63, 3.8) is 0 Å². The SMILES string of the molecule is Cc1ccc2c(-c3ccc4cc(C5CC5)ccc4c3)c3ccccc3c(-c3ccc(-n4c5ccccc5c5ccccc54)cc3)c2c1. The molecule has 0 saturated heterocycles. The Balaban J connectivity index is 1.18. The van der Waals surface area contributed by atoms with Gasteiger partial charge in [-0.05, 0) is 116 Å². The molecule has 0 radical (unpaired) electrons. The second-order valence-corrected chi connectivity index (χ2v) is 13.4. The van der Waals surface area contributed by atoms with E-state index in [-0.39, 0.29) is 0 Å². The van der Waals surface area contributed by atoms with E-state index in [1.54, 1.807) is 0 Å². The molecular formula is C46H33N. The quantitative estimate of drug-likeness (QED) is 0.177. The van der Waals surface area contributed by atoms with Crippen molar-refractivity contribution >= 4 is 54.1 Å². The number of rotatable bonds is 4. The summed E-state index contributed by atoms with van der Waals surface area (Å²) >= 11 is 0. The number of nitrogens with zero attached hydrogens (tertiary/aromatic N) is 1. The largest absolute Gasteiger partial charge is 0.309 e. The molecule has 8 aromatic carbocycles. The van der Waals surface area contributed by atoms with Gasteiger partial charge in [-0.15, -0.1) is 0 Å². The molecule has 0 spiro atoms. The van der Waals surface area contributed by atoms with Crippen LogP contribution in [0.1, 0.15) is 29.9 Å². The molecule has 1 fully saturated rings. The van der Waals surface area contributed by atoms with Crippen molar-refractivity contribution in [1.29, 1.82) is 0 Å². The fourth-order valence-electron chi connectivity index (χ4n) is 7.98. The summed E-state index contributed by atoms with van der Waals surface area (Å²) in [5.74, 6) is 0.763. The van der Waals surface area contributed by atoms with Gasteiger partial charge in [0.1, 0.15) is 0 Å². The molecule has 1 aromatic heterocycles. The third-order valence-corrected chi connectivity index (χ3v) is 10.4. The van der Waals surface area contributed by atoms with Crippen LogP contribution in [0, 0.1) is 6.92 Å². The van der Waals surface area contributed by atoms with E-state index in [9.17, 15) is 0 Å². The predicted octanol–water partition coefficient (Wildman–Crippen LogP) is 12.8. The summed E-state index contributed by atoms with van der Waals surface area (Å²) in [5.41, 5.74) is 11.5. The van der Waals surface area contributed by atoms with Crippen LogP contribution >= 0.6 is 0 Å². The van der Waals surface area contributed by atoms with Gasteiger partial charge < -0.3 is 4.57 Å². The van der Waals surface area contributed by atoms with Crippen molar-refractivity contribution in [2.45, 2.75) is 25.7 Å². The lowest BCUT2D eigenvalue weighted by atomic mass is 9.85. The number of aromatic nitrogens is 1. The Bertz CT molecular complexity index is 2630. The van der Waals surface area contributed by atoms with Crippen molar-refractivity contribution < 1.29 is 0 Å². The Labute approximate surface area is 274 Å². The summed E-state index contributed by atoms with van der Waals surface area (Å²) in [5, 5.41) is 10.4. The van der Waals surface area contributed by atoms with Crippen LogP contribution in [0.4, 0.5) is 0 Å². The molecule has 0 amide bonds. The van der Waals surface area contributed by atoms with E-state index in [0.717, 1.165) is 5.92 Å². The van der Waals surface area contributed by atoms with E-state index in [2.05, 4.69) is 163 Å². The van der Waals surface area contributed by atoms with Crippen LogP contribution in [0.15, 0.2) is 152 Å². The molecule has 0 bridgehead atoms. The molecule has 0 aliphatic heterocycles. The van der Waals surface area contributed by atoms with Crippen LogP contribution in [0.5, 0.6) is 0 Å². The number of fused-ring (bicyclic) bond motifs is 6. The average molecular weight is 600 g/mol. The minimum absolute atomic E-state index is 0.763. The molecule has 9 aromatic rings. The average Bonchev–Trinajstić information content (AvgIpc) is 3.92. The first-order chi connectivity index (χ1) is 23.2. The van der Waals surface area contributed by atoms with Crippen molar-refractivity contribution in [1.82, 2.24) is 4.57 Å². The van der Waals surface area contributed by atoms with E-state index in [0.29, 0.717) is 0 Å². The number of para-hydroxylation sites is 2. The molecule has 222 valence electrons. The van der Waals surface area contributed by atoms with Gasteiger partial charge in [-0.1, -0.05) is 127 Å². The molecule has 1 heterocycles. The van der Waals surface area contributed by atoms with Crippen LogP contribution in [0.25, 0.3) is 82.1 Å². The molecular weight excluding hydrogens is 567 g/mol. The highest BCUT2D eigenvalue weighted by Gasteiger charge is 2.23. The summed E-state index contributed by atoms with van der Waals surface area (Å²) in [4.78, 5) is 0. The summed E-state index contributed by atoms with van der Waals surface area (Å²) < 4.78 is 2.39. The summed E-state index contributed by atoms with van der Waals surface area (Å²) in [6.45, 7) is 2.21. The molecule has 47 heavy (non-hydrogen) atoms. The number of benzene rings is 8. The zero-order chi connectivity index (χ0) is 31.1. The lowest BCUT2D eigenvalue weighted by molar-refractivity contribution is 1.14. The Kier molecular flexibility index (Phi) is 5.75. The van der Waals surface area contributed by atoms with Gasteiger partial charge in [0.15, 0.2) is 0 Å². The number of aryl methyl sites for hydroxylation is 1. The standard InChI is InChI=1S/C46H33N/c1-29-14-25-41-42(26-29)45(31-21-23-36(24-22-31)47-43-12-6-4-8-37(43)38-9-5-7-13-44(38)47)39-10-2-3-11-40(39)46(41)35-20-19-33-27-32(30-15-16-30)17-18-34(33)28-35/h2-14,17-28,30H,15-16H2,1H3. The summed E-state index contributed by atoms with van der Waals surface area (Å²) in [7, 11) is 0. The van der Waals surface area contributed by atoms with Crippen LogP contribution in [0.3, 0.4) is 0 Å². The van der Waals surface area contributed by atoms with Crippen LogP contribution in [-0.4, -0.2) is 4.57 Å². The monoisotopic (exact) mass is 599 g/mol. The topological polar surface area (TPSA) is 4.93 Å². The van der Waals surface area contributed by atoms with Gasteiger partial charge in [-0.25, -0.2) is 0 Å². The van der Waals surface area contributed by atoms with Gasteiger partial charge in [-0.2, -0.15) is 0 Å². The maximum atomic E-state index is 2.41. The maximum Gasteiger partial charge on any atom is 0.0541 e. The summed E-state index contributed by atoms with van der Waals surface area (Å²) in [6, 6.07) is 56.7. The third-order valence-electron chi connectivity index (χ3n) is 10.4. The molecule has 0 unspecified atom stereocenters. The van der Waals surface area contributed by atoms with Crippen molar-refractivity contribution in [3.05, 3.63) is 163 Å². The Morgan fingerprint density at radius 1 is 0.447 bits per heavy atom. The molecule has 0 atom stereocenters. The van der Waals surface area contributed by atoms with Gasteiger partial charge in [0.05, 0.1) is 11.0 Å². The van der Waals surface area contributed by atoms with Gasteiger partial charge >= 0.3 is 0 Å². The fraction of sp³-hybridized carbons (Fsp3) is 0.0870. The van der Waals surface area contributed by atoms with E-state index in [1.807, 2.05) is 0 Å². The molecule has 1 aliphatic rings. The molecule has 1 saturated carbocycles. The van der Waals surface area contributed by atoms with E-state index in [1.165, 1.54) is 106 Å². The zero-order valence-corrected chi connectivity index (χ0v) is 26.4.